The van der Waals surface area contributed by atoms with Crippen LogP contribution in [0.1, 0.15) is 36.7 Å². The Hall–Kier alpha value is -3.13. The molecule has 8 heteroatoms. The number of hydrogen-bond acceptors (Lipinski definition) is 6. The van der Waals surface area contributed by atoms with Crippen LogP contribution in [0, 0.1) is 10.1 Å². The highest BCUT2D eigenvalue weighted by Crippen LogP contribution is 2.32. The van der Waals surface area contributed by atoms with E-state index in [1.165, 1.54) is 23.9 Å². The highest BCUT2D eigenvalue weighted by molar-refractivity contribution is 7.99. The van der Waals surface area contributed by atoms with Crippen LogP contribution in [0.15, 0.2) is 60.0 Å². The molecule has 0 saturated carbocycles. The van der Waals surface area contributed by atoms with Crippen molar-refractivity contribution < 1.29 is 19.2 Å². The van der Waals surface area contributed by atoms with Gasteiger partial charge in [0.05, 0.1) is 16.2 Å². The molecule has 1 amide bonds. The minimum absolute atomic E-state index is 0.0180. The monoisotopic (exact) mass is 428 g/mol. The quantitative estimate of drug-likeness (QED) is 0.210. The first-order chi connectivity index (χ1) is 14.1. The molecule has 2 aromatic rings. The van der Waals surface area contributed by atoms with Gasteiger partial charge in [-0.1, -0.05) is 45.0 Å². The number of nitrogens with zero attached hydrogens (tertiary/aromatic N) is 1. The molecule has 2 aromatic carbocycles. The van der Waals surface area contributed by atoms with E-state index in [9.17, 15) is 19.7 Å². The molecule has 0 unspecified atom stereocenters. The molecule has 158 valence electrons. The van der Waals surface area contributed by atoms with Crippen LogP contribution in [0.25, 0.3) is 0 Å². The third kappa shape index (κ3) is 6.18. The summed E-state index contributed by atoms with van der Waals surface area (Å²) in [5.41, 5.74) is 0.520. The molecule has 0 fully saturated rings. The number of benzene rings is 2. The van der Waals surface area contributed by atoms with Gasteiger partial charge in [-0.05, 0) is 23.6 Å². The van der Waals surface area contributed by atoms with Crippen LogP contribution in [-0.4, -0.2) is 29.2 Å². The predicted octanol–water partition coefficient (Wildman–Crippen LogP) is 4.97. The summed E-state index contributed by atoms with van der Waals surface area (Å²) in [6, 6.07) is 11.5. The number of anilines is 1. The Bertz CT molecular complexity index is 966. The number of nitro benzene ring substituents is 1. The lowest BCUT2D eigenvalue weighted by atomic mass is 9.85. The molecule has 30 heavy (non-hydrogen) atoms. The predicted molar refractivity (Wildman–Crippen MR) is 118 cm³/mol. The summed E-state index contributed by atoms with van der Waals surface area (Å²) >= 11 is 1.51. The number of carbonyl (C=O) groups is 2. The van der Waals surface area contributed by atoms with Crippen molar-refractivity contribution in [2.75, 3.05) is 17.7 Å². The number of amides is 1. The normalized spacial score (nSPS) is 10.9. The molecular weight excluding hydrogens is 404 g/mol. The van der Waals surface area contributed by atoms with E-state index >= 15 is 0 Å². The lowest BCUT2D eigenvalue weighted by Crippen LogP contribution is -2.21. The van der Waals surface area contributed by atoms with Gasteiger partial charge in [0, 0.05) is 22.3 Å². The van der Waals surface area contributed by atoms with Gasteiger partial charge >= 0.3 is 5.97 Å². The van der Waals surface area contributed by atoms with Gasteiger partial charge in [-0.3, -0.25) is 14.9 Å². The summed E-state index contributed by atoms with van der Waals surface area (Å²) in [5.74, 6) is -0.621. The molecule has 1 N–H and O–H groups in total. The van der Waals surface area contributed by atoms with Gasteiger partial charge in [-0.25, -0.2) is 4.79 Å². The number of rotatable bonds is 8. The number of nitro groups is 1. The molecule has 0 bridgehead atoms. The van der Waals surface area contributed by atoms with Crippen LogP contribution in [-0.2, 0) is 14.9 Å². The average molecular weight is 429 g/mol. The molecular formula is C22H24N2O5S. The van der Waals surface area contributed by atoms with Crippen molar-refractivity contribution in [3.63, 3.8) is 0 Å². The van der Waals surface area contributed by atoms with Gasteiger partial charge in [0.1, 0.15) is 0 Å². The summed E-state index contributed by atoms with van der Waals surface area (Å²) in [6.07, 6.45) is 1.76. The second-order valence-corrected chi connectivity index (χ2v) is 8.52. The molecule has 0 aliphatic heterocycles. The molecule has 0 radical (unpaired) electrons. The number of esters is 1. The van der Waals surface area contributed by atoms with E-state index in [1.807, 2.05) is 32.9 Å². The summed E-state index contributed by atoms with van der Waals surface area (Å²) in [6.45, 7) is 8.72. The van der Waals surface area contributed by atoms with Crippen molar-refractivity contribution in [3.8, 4) is 0 Å². The minimum Gasteiger partial charge on any atom is -0.452 e. The van der Waals surface area contributed by atoms with Gasteiger partial charge in [0.25, 0.3) is 11.6 Å². The van der Waals surface area contributed by atoms with Crippen LogP contribution in [0.3, 0.4) is 0 Å². The van der Waals surface area contributed by atoms with E-state index in [-0.39, 0.29) is 11.3 Å². The van der Waals surface area contributed by atoms with E-state index in [2.05, 4.69) is 11.9 Å². The molecule has 0 aliphatic carbocycles. The number of ether oxygens (including phenoxy) is 1. The zero-order valence-electron chi connectivity index (χ0n) is 17.1. The van der Waals surface area contributed by atoms with Gasteiger partial charge in [0.15, 0.2) is 6.61 Å². The van der Waals surface area contributed by atoms with E-state index in [1.54, 1.807) is 24.3 Å². The molecule has 7 nitrogen and oxygen atoms in total. The Morgan fingerprint density at radius 3 is 2.57 bits per heavy atom. The zero-order chi connectivity index (χ0) is 22.3. The average Bonchev–Trinajstić information content (AvgIpc) is 2.70. The summed E-state index contributed by atoms with van der Waals surface area (Å²) in [7, 11) is 0. The van der Waals surface area contributed by atoms with Crippen molar-refractivity contribution in [1.82, 2.24) is 0 Å². The Morgan fingerprint density at radius 2 is 1.93 bits per heavy atom. The fourth-order valence-corrected chi connectivity index (χ4v) is 3.44. The third-order valence-electron chi connectivity index (χ3n) is 4.09. The Kier molecular flexibility index (Phi) is 7.77. The third-order valence-corrected chi connectivity index (χ3v) is 5.16. The molecule has 0 aliphatic rings. The lowest BCUT2D eigenvalue weighted by Gasteiger charge is -2.19. The molecule has 0 saturated heterocycles. The summed E-state index contributed by atoms with van der Waals surface area (Å²) < 4.78 is 5.05. The van der Waals surface area contributed by atoms with Crippen LogP contribution in [0.2, 0.25) is 0 Å². The molecule has 0 atom stereocenters. The second-order valence-electron chi connectivity index (χ2n) is 7.46. The first-order valence-electron chi connectivity index (χ1n) is 9.22. The number of hydrogen-bond donors (Lipinski definition) is 1. The maximum Gasteiger partial charge on any atom is 0.338 e. The molecule has 0 heterocycles. The standard InChI is InChI=1S/C22H24N2O5S/c1-5-12-30-19-9-7-6-8-17(19)23-20(25)14-29-21(26)15-10-11-16(22(2,3)4)18(13-15)24(27)28/h5-11,13H,1,12,14H2,2-4H3,(H,23,25). The van der Waals surface area contributed by atoms with Crippen LogP contribution < -0.4 is 5.32 Å². The first-order valence-corrected chi connectivity index (χ1v) is 10.2. The van der Waals surface area contributed by atoms with Crippen molar-refractivity contribution in [1.29, 1.82) is 0 Å². The van der Waals surface area contributed by atoms with Gasteiger partial charge in [-0.2, -0.15) is 0 Å². The Morgan fingerprint density at radius 1 is 1.23 bits per heavy atom. The van der Waals surface area contributed by atoms with E-state index in [4.69, 9.17) is 4.74 Å². The van der Waals surface area contributed by atoms with Gasteiger partial charge in [-0.15, -0.1) is 18.3 Å². The van der Waals surface area contributed by atoms with Gasteiger partial charge in [0.2, 0.25) is 0 Å². The first kappa shape index (κ1) is 23.2. The van der Waals surface area contributed by atoms with E-state index in [0.717, 1.165) is 4.90 Å². The van der Waals surface area contributed by atoms with Crippen LogP contribution >= 0.6 is 11.8 Å². The maximum atomic E-state index is 12.3. The van der Waals surface area contributed by atoms with E-state index < -0.39 is 28.8 Å². The largest absolute Gasteiger partial charge is 0.452 e. The van der Waals surface area contributed by atoms with Crippen molar-refractivity contribution in [3.05, 3.63) is 76.4 Å². The number of carbonyl (C=O) groups excluding carboxylic acids is 2. The number of nitrogens with one attached hydrogen (secondary N) is 1. The second kappa shape index (κ2) is 10.1. The molecule has 2 rings (SSSR count). The van der Waals surface area contributed by atoms with Crippen molar-refractivity contribution >= 4 is 35.0 Å². The maximum absolute atomic E-state index is 12.3. The van der Waals surface area contributed by atoms with E-state index in [0.29, 0.717) is 17.0 Å². The Labute approximate surface area is 179 Å². The van der Waals surface area contributed by atoms with Crippen molar-refractivity contribution in [2.24, 2.45) is 0 Å². The lowest BCUT2D eigenvalue weighted by molar-refractivity contribution is -0.386. The van der Waals surface area contributed by atoms with Crippen molar-refractivity contribution in [2.45, 2.75) is 31.1 Å². The smallest absolute Gasteiger partial charge is 0.338 e. The fraction of sp³-hybridized carbons (Fsp3) is 0.273. The zero-order valence-corrected chi connectivity index (χ0v) is 18.0. The highest BCUT2D eigenvalue weighted by atomic mass is 32.2. The van der Waals surface area contributed by atoms with Crippen LogP contribution in [0.4, 0.5) is 11.4 Å². The summed E-state index contributed by atoms with van der Waals surface area (Å²) in [5, 5.41) is 14.1. The number of para-hydroxylation sites is 1. The molecule has 0 aromatic heterocycles. The number of thioether (sulfide) groups is 1. The highest BCUT2D eigenvalue weighted by Gasteiger charge is 2.26. The fourth-order valence-electron chi connectivity index (χ4n) is 2.69. The Balaban J connectivity index is 2.06. The SMILES string of the molecule is C=CCSc1ccccc1NC(=O)COC(=O)c1ccc(C(C)(C)C)c([N+](=O)[O-])c1. The minimum atomic E-state index is -0.803. The van der Waals surface area contributed by atoms with Crippen LogP contribution in [0.5, 0.6) is 0 Å². The topological polar surface area (TPSA) is 98.5 Å². The molecule has 0 spiro atoms. The summed E-state index contributed by atoms with van der Waals surface area (Å²) in [4.78, 5) is 36.3. The van der Waals surface area contributed by atoms with Gasteiger partial charge < -0.3 is 10.1 Å².